The number of benzene rings is 2. The molecule has 4 nitrogen and oxygen atoms in total. The SMILES string of the molecule is CC(C)COc1ccc(NC(=O)CNc2ccccc2F)cc1. The zero-order valence-electron chi connectivity index (χ0n) is 13.3. The molecule has 0 heterocycles. The predicted octanol–water partition coefficient (Wildman–Crippen LogP) is 3.91. The Labute approximate surface area is 135 Å². The highest BCUT2D eigenvalue weighted by molar-refractivity contribution is 5.93. The Hall–Kier alpha value is -2.56. The number of hydrogen-bond acceptors (Lipinski definition) is 3. The van der Waals surface area contributed by atoms with E-state index in [-0.39, 0.29) is 18.3 Å². The van der Waals surface area contributed by atoms with Gasteiger partial charge in [0.25, 0.3) is 0 Å². The van der Waals surface area contributed by atoms with Crippen molar-refractivity contribution in [3.8, 4) is 5.75 Å². The molecule has 0 saturated heterocycles. The summed E-state index contributed by atoms with van der Waals surface area (Å²) >= 11 is 0. The van der Waals surface area contributed by atoms with Crippen LogP contribution in [0.1, 0.15) is 13.8 Å². The molecule has 0 unspecified atom stereocenters. The van der Waals surface area contributed by atoms with Crippen molar-refractivity contribution >= 4 is 17.3 Å². The third-order valence-corrected chi connectivity index (χ3v) is 3.03. The van der Waals surface area contributed by atoms with E-state index < -0.39 is 0 Å². The highest BCUT2D eigenvalue weighted by atomic mass is 19.1. The minimum Gasteiger partial charge on any atom is -0.493 e. The van der Waals surface area contributed by atoms with E-state index in [1.165, 1.54) is 6.07 Å². The van der Waals surface area contributed by atoms with Crippen LogP contribution in [0.15, 0.2) is 48.5 Å². The molecule has 2 aromatic carbocycles. The van der Waals surface area contributed by atoms with Crippen LogP contribution in [-0.4, -0.2) is 19.1 Å². The summed E-state index contributed by atoms with van der Waals surface area (Å²) in [6.45, 7) is 4.80. The second-order valence-electron chi connectivity index (χ2n) is 5.61. The van der Waals surface area contributed by atoms with E-state index in [2.05, 4.69) is 24.5 Å². The van der Waals surface area contributed by atoms with Crippen molar-refractivity contribution in [3.05, 3.63) is 54.3 Å². The standard InChI is InChI=1S/C18H21FN2O2/c1-13(2)12-23-15-9-7-14(8-10-15)21-18(22)11-20-17-6-4-3-5-16(17)19/h3-10,13,20H,11-12H2,1-2H3,(H,21,22). The van der Waals surface area contributed by atoms with Gasteiger partial charge in [0.1, 0.15) is 11.6 Å². The number of carbonyl (C=O) groups is 1. The maximum atomic E-state index is 13.4. The monoisotopic (exact) mass is 316 g/mol. The lowest BCUT2D eigenvalue weighted by atomic mass is 10.2. The number of amides is 1. The maximum absolute atomic E-state index is 13.4. The summed E-state index contributed by atoms with van der Waals surface area (Å²) in [5.41, 5.74) is 0.974. The van der Waals surface area contributed by atoms with Crippen molar-refractivity contribution in [2.75, 3.05) is 23.8 Å². The van der Waals surface area contributed by atoms with Crippen LogP contribution in [0.2, 0.25) is 0 Å². The lowest BCUT2D eigenvalue weighted by Crippen LogP contribution is -2.22. The molecule has 122 valence electrons. The molecule has 0 spiro atoms. The third kappa shape index (κ3) is 5.62. The first-order chi connectivity index (χ1) is 11.0. The quantitative estimate of drug-likeness (QED) is 0.814. The van der Waals surface area contributed by atoms with Crippen LogP contribution in [0.3, 0.4) is 0 Å². The molecule has 0 aliphatic heterocycles. The summed E-state index contributed by atoms with van der Waals surface area (Å²) < 4.78 is 19.0. The Kier molecular flexibility index (Phi) is 5.97. The number of para-hydroxylation sites is 1. The molecule has 0 saturated carbocycles. The first-order valence-corrected chi connectivity index (χ1v) is 7.55. The summed E-state index contributed by atoms with van der Waals surface area (Å²) in [7, 11) is 0. The summed E-state index contributed by atoms with van der Waals surface area (Å²) in [6, 6.07) is 13.4. The molecule has 0 aromatic heterocycles. The van der Waals surface area contributed by atoms with Gasteiger partial charge in [0.05, 0.1) is 18.8 Å². The van der Waals surface area contributed by atoms with Gasteiger partial charge >= 0.3 is 0 Å². The summed E-state index contributed by atoms with van der Waals surface area (Å²) in [5, 5.41) is 5.51. The fourth-order valence-corrected chi connectivity index (χ4v) is 1.88. The smallest absolute Gasteiger partial charge is 0.243 e. The Morgan fingerprint density at radius 2 is 1.83 bits per heavy atom. The van der Waals surface area contributed by atoms with E-state index in [0.717, 1.165) is 5.75 Å². The molecule has 2 N–H and O–H groups in total. The average Bonchev–Trinajstić information content (AvgIpc) is 2.53. The van der Waals surface area contributed by atoms with Crippen molar-refractivity contribution < 1.29 is 13.9 Å². The van der Waals surface area contributed by atoms with Gasteiger partial charge in [0, 0.05) is 5.69 Å². The van der Waals surface area contributed by atoms with Crippen molar-refractivity contribution in [1.29, 1.82) is 0 Å². The third-order valence-electron chi connectivity index (χ3n) is 3.03. The Bertz CT molecular complexity index is 642. The second-order valence-corrected chi connectivity index (χ2v) is 5.61. The fourth-order valence-electron chi connectivity index (χ4n) is 1.88. The van der Waals surface area contributed by atoms with Gasteiger partial charge in [-0.25, -0.2) is 4.39 Å². The van der Waals surface area contributed by atoms with E-state index >= 15 is 0 Å². The van der Waals surface area contributed by atoms with Gasteiger partial charge in [-0.05, 0) is 42.3 Å². The lowest BCUT2D eigenvalue weighted by Gasteiger charge is -2.10. The molecule has 0 atom stereocenters. The Morgan fingerprint density at radius 3 is 2.48 bits per heavy atom. The van der Waals surface area contributed by atoms with Gasteiger partial charge in [-0.15, -0.1) is 0 Å². The normalized spacial score (nSPS) is 10.4. The number of anilines is 2. The van der Waals surface area contributed by atoms with E-state index in [1.54, 1.807) is 30.3 Å². The zero-order valence-corrected chi connectivity index (χ0v) is 13.3. The van der Waals surface area contributed by atoms with Crippen LogP contribution in [0.25, 0.3) is 0 Å². The molecular weight excluding hydrogens is 295 g/mol. The highest BCUT2D eigenvalue weighted by Gasteiger charge is 2.05. The summed E-state index contributed by atoms with van der Waals surface area (Å²) in [4.78, 5) is 11.9. The van der Waals surface area contributed by atoms with Crippen LogP contribution in [0.4, 0.5) is 15.8 Å². The Morgan fingerprint density at radius 1 is 1.13 bits per heavy atom. The van der Waals surface area contributed by atoms with Crippen LogP contribution in [-0.2, 0) is 4.79 Å². The molecule has 5 heteroatoms. The molecular formula is C18H21FN2O2. The number of nitrogens with one attached hydrogen (secondary N) is 2. The van der Waals surface area contributed by atoms with E-state index in [1.807, 2.05) is 12.1 Å². The van der Waals surface area contributed by atoms with E-state index in [9.17, 15) is 9.18 Å². The van der Waals surface area contributed by atoms with Crippen LogP contribution in [0.5, 0.6) is 5.75 Å². The van der Waals surface area contributed by atoms with Crippen molar-refractivity contribution in [2.45, 2.75) is 13.8 Å². The lowest BCUT2D eigenvalue weighted by molar-refractivity contribution is -0.114. The molecule has 0 aliphatic rings. The van der Waals surface area contributed by atoms with Crippen molar-refractivity contribution in [1.82, 2.24) is 0 Å². The minimum absolute atomic E-state index is 0.00741. The van der Waals surface area contributed by atoms with Crippen molar-refractivity contribution in [3.63, 3.8) is 0 Å². The zero-order chi connectivity index (χ0) is 16.7. The summed E-state index contributed by atoms with van der Waals surface area (Å²) in [6.07, 6.45) is 0. The number of rotatable bonds is 7. The number of carbonyl (C=O) groups excluding carboxylic acids is 1. The summed E-state index contributed by atoms with van der Waals surface area (Å²) in [5.74, 6) is 0.594. The van der Waals surface area contributed by atoms with Crippen LogP contribution < -0.4 is 15.4 Å². The molecule has 1 amide bonds. The molecule has 0 aliphatic carbocycles. The largest absolute Gasteiger partial charge is 0.493 e. The predicted molar refractivity (Wildman–Crippen MR) is 90.3 cm³/mol. The molecule has 0 bridgehead atoms. The average molecular weight is 316 g/mol. The van der Waals surface area contributed by atoms with E-state index in [0.29, 0.717) is 23.9 Å². The molecule has 2 aromatic rings. The van der Waals surface area contributed by atoms with Gasteiger partial charge in [-0.1, -0.05) is 26.0 Å². The number of hydrogen-bond donors (Lipinski definition) is 2. The van der Waals surface area contributed by atoms with Crippen molar-refractivity contribution in [2.24, 2.45) is 5.92 Å². The first kappa shape index (κ1) is 16.8. The van der Waals surface area contributed by atoms with Gasteiger partial charge in [0.15, 0.2) is 0 Å². The van der Waals surface area contributed by atoms with Gasteiger partial charge < -0.3 is 15.4 Å². The van der Waals surface area contributed by atoms with Gasteiger partial charge in [0.2, 0.25) is 5.91 Å². The highest BCUT2D eigenvalue weighted by Crippen LogP contribution is 2.16. The Balaban J connectivity index is 1.82. The fraction of sp³-hybridized carbons (Fsp3) is 0.278. The molecule has 0 radical (unpaired) electrons. The first-order valence-electron chi connectivity index (χ1n) is 7.55. The number of halogens is 1. The minimum atomic E-state index is -0.382. The van der Waals surface area contributed by atoms with Crippen LogP contribution >= 0.6 is 0 Å². The number of ether oxygens (including phenoxy) is 1. The molecule has 0 fully saturated rings. The van der Waals surface area contributed by atoms with Gasteiger partial charge in [-0.2, -0.15) is 0 Å². The van der Waals surface area contributed by atoms with Gasteiger partial charge in [-0.3, -0.25) is 4.79 Å². The molecule has 23 heavy (non-hydrogen) atoms. The second kappa shape index (κ2) is 8.17. The van der Waals surface area contributed by atoms with Crippen LogP contribution in [0, 0.1) is 11.7 Å². The van der Waals surface area contributed by atoms with E-state index in [4.69, 9.17) is 4.74 Å². The molecule has 2 rings (SSSR count). The maximum Gasteiger partial charge on any atom is 0.243 e. The topological polar surface area (TPSA) is 50.4 Å².